The molecule has 0 saturated carbocycles. The second-order valence-electron chi connectivity index (χ2n) is 7.14. The molecule has 0 aliphatic heterocycles. The van der Waals surface area contributed by atoms with Crippen LogP contribution in [0.25, 0.3) is 0 Å². The summed E-state index contributed by atoms with van der Waals surface area (Å²) >= 11 is 0. The molecule has 1 aromatic heterocycles. The first-order valence-electron chi connectivity index (χ1n) is 9.40. The number of methoxy groups -OCH3 is 1. The zero-order chi connectivity index (χ0) is 21.0. The first kappa shape index (κ1) is 20.5. The van der Waals surface area contributed by atoms with Crippen LogP contribution < -0.4 is 5.56 Å². The summed E-state index contributed by atoms with van der Waals surface area (Å²) < 4.78 is 6.24. The van der Waals surface area contributed by atoms with Gasteiger partial charge in [0.2, 0.25) is 5.60 Å². The van der Waals surface area contributed by atoms with E-state index in [1.165, 1.54) is 18.0 Å². The van der Waals surface area contributed by atoms with E-state index < -0.39 is 11.6 Å². The molecule has 0 amide bonds. The van der Waals surface area contributed by atoms with Crippen molar-refractivity contribution < 1.29 is 14.6 Å². The van der Waals surface area contributed by atoms with E-state index in [4.69, 9.17) is 4.74 Å². The van der Waals surface area contributed by atoms with E-state index in [1.807, 2.05) is 44.2 Å². The molecule has 3 rings (SSSR count). The van der Waals surface area contributed by atoms with Crippen LogP contribution in [0.15, 0.2) is 71.7 Å². The number of hydrogen-bond donors (Lipinski definition) is 1. The second-order valence-corrected chi connectivity index (χ2v) is 7.14. The molecule has 3 aromatic rings. The maximum absolute atomic E-state index is 13.3. The summed E-state index contributed by atoms with van der Waals surface area (Å²) in [6.07, 6.45) is 1.39. The summed E-state index contributed by atoms with van der Waals surface area (Å²) in [5.74, 6) is -1.12. The molecule has 0 spiro atoms. The van der Waals surface area contributed by atoms with Gasteiger partial charge in [-0.2, -0.15) is 5.10 Å². The lowest BCUT2D eigenvalue weighted by Crippen LogP contribution is -2.42. The zero-order valence-electron chi connectivity index (χ0n) is 16.7. The number of hydrogen-bond acceptors (Lipinski definition) is 5. The molecule has 29 heavy (non-hydrogen) atoms. The van der Waals surface area contributed by atoms with E-state index in [9.17, 15) is 14.7 Å². The Bertz CT molecular complexity index is 1050. The quantitative estimate of drug-likeness (QED) is 0.653. The van der Waals surface area contributed by atoms with E-state index in [0.29, 0.717) is 17.7 Å². The first-order chi connectivity index (χ1) is 13.9. The first-order valence-corrected chi connectivity index (χ1v) is 9.40. The third-order valence-corrected chi connectivity index (χ3v) is 4.90. The number of aliphatic hydroxyl groups is 1. The van der Waals surface area contributed by atoms with Crippen molar-refractivity contribution in [3.63, 3.8) is 0 Å². The van der Waals surface area contributed by atoms with Crippen molar-refractivity contribution in [2.75, 3.05) is 7.11 Å². The highest BCUT2D eigenvalue weighted by Gasteiger charge is 2.44. The Morgan fingerprint density at radius 1 is 1.10 bits per heavy atom. The second kappa shape index (κ2) is 8.41. The van der Waals surface area contributed by atoms with Crippen molar-refractivity contribution >= 4 is 5.97 Å². The standard InChI is InChI=1S/C23H24N2O4/c1-16(2)20-19(23(28,22(27)29-3)18-12-8-5-9-13-18)14-24-25(21(20)26)15-17-10-6-4-7-11-17/h4-14,16,28H,15H2,1-3H3. The lowest BCUT2D eigenvalue weighted by Gasteiger charge is -2.29. The summed E-state index contributed by atoms with van der Waals surface area (Å²) in [4.78, 5) is 25.9. The van der Waals surface area contributed by atoms with Crippen LogP contribution >= 0.6 is 0 Å². The van der Waals surface area contributed by atoms with Gasteiger partial charge in [0.1, 0.15) is 0 Å². The number of carbonyl (C=O) groups is 1. The van der Waals surface area contributed by atoms with Gasteiger partial charge < -0.3 is 9.84 Å². The summed E-state index contributed by atoms with van der Waals surface area (Å²) in [6, 6.07) is 17.9. The van der Waals surface area contributed by atoms with Crippen LogP contribution in [-0.2, 0) is 21.7 Å². The molecular formula is C23H24N2O4. The van der Waals surface area contributed by atoms with E-state index in [2.05, 4.69) is 5.10 Å². The fourth-order valence-corrected chi connectivity index (χ4v) is 3.43. The lowest BCUT2D eigenvalue weighted by molar-refractivity contribution is -0.159. The predicted molar refractivity (Wildman–Crippen MR) is 110 cm³/mol. The molecule has 6 heteroatoms. The fourth-order valence-electron chi connectivity index (χ4n) is 3.43. The van der Waals surface area contributed by atoms with Gasteiger partial charge in [-0.15, -0.1) is 0 Å². The minimum Gasteiger partial charge on any atom is -0.466 e. The summed E-state index contributed by atoms with van der Waals surface area (Å²) in [5.41, 5.74) is -0.771. The Morgan fingerprint density at radius 3 is 2.24 bits per heavy atom. The van der Waals surface area contributed by atoms with Gasteiger partial charge in [-0.25, -0.2) is 9.48 Å². The number of esters is 1. The highest BCUT2D eigenvalue weighted by atomic mass is 16.5. The van der Waals surface area contributed by atoms with Crippen molar-refractivity contribution in [3.05, 3.63) is 99.5 Å². The third-order valence-electron chi connectivity index (χ3n) is 4.90. The van der Waals surface area contributed by atoms with Crippen LogP contribution in [0, 0.1) is 0 Å². The van der Waals surface area contributed by atoms with Gasteiger partial charge in [0, 0.05) is 11.1 Å². The van der Waals surface area contributed by atoms with Gasteiger partial charge in [0.25, 0.3) is 5.56 Å². The molecule has 0 bridgehead atoms. The van der Waals surface area contributed by atoms with Crippen LogP contribution in [-0.4, -0.2) is 28.0 Å². The smallest absolute Gasteiger partial charge is 0.347 e. The number of benzene rings is 2. The molecule has 1 N–H and O–H groups in total. The van der Waals surface area contributed by atoms with E-state index in [1.54, 1.807) is 30.3 Å². The van der Waals surface area contributed by atoms with E-state index in [0.717, 1.165) is 5.56 Å². The Morgan fingerprint density at radius 2 is 1.69 bits per heavy atom. The Balaban J connectivity index is 2.21. The fraction of sp³-hybridized carbons (Fsp3) is 0.261. The normalized spacial score (nSPS) is 13.1. The molecule has 0 aliphatic rings. The maximum atomic E-state index is 13.3. The SMILES string of the molecule is COC(=O)C(O)(c1ccccc1)c1cnn(Cc2ccccc2)c(=O)c1C(C)C. The number of carbonyl (C=O) groups excluding carboxylic acids is 1. The van der Waals surface area contributed by atoms with Crippen molar-refractivity contribution in [2.45, 2.75) is 31.9 Å². The Kier molecular flexibility index (Phi) is 5.94. The van der Waals surface area contributed by atoms with Gasteiger partial charge in [-0.3, -0.25) is 4.79 Å². The summed E-state index contributed by atoms with van der Waals surface area (Å²) in [7, 11) is 1.20. The van der Waals surface area contributed by atoms with Gasteiger partial charge in [-0.1, -0.05) is 74.5 Å². The van der Waals surface area contributed by atoms with Gasteiger partial charge in [0.15, 0.2) is 0 Å². The van der Waals surface area contributed by atoms with Crippen LogP contribution in [0.1, 0.15) is 42.0 Å². The lowest BCUT2D eigenvalue weighted by atomic mass is 9.82. The minimum atomic E-state index is -2.13. The van der Waals surface area contributed by atoms with E-state index >= 15 is 0 Å². The molecule has 6 nitrogen and oxygen atoms in total. The number of ether oxygens (including phenoxy) is 1. The van der Waals surface area contributed by atoms with Gasteiger partial charge in [0.05, 0.1) is 19.9 Å². The van der Waals surface area contributed by atoms with Crippen LogP contribution in [0.2, 0.25) is 0 Å². The summed E-state index contributed by atoms with van der Waals surface area (Å²) in [6.45, 7) is 3.98. The molecule has 150 valence electrons. The third kappa shape index (κ3) is 3.84. The zero-order valence-corrected chi connectivity index (χ0v) is 16.7. The monoisotopic (exact) mass is 392 g/mol. The summed E-state index contributed by atoms with van der Waals surface area (Å²) in [5, 5.41) is 15.8. The number of nitrogens with zero attached hydrogens (tertiary/aromatic N) is 2. The van der Waals surface area contributed by atoms with E-state index in [-0.39, 0.29) is 17.0 Å². The highest BCUT2D eigenvalue weighted by molar-refractivity contribution is 5.85. The molecular weight excluding hydrogens is 368 g/mol. The molecule has 0 radical (unpaired) electrons. The van der Waals surface area contributed by atoms with Crippen LogP contribution in [0.3, 0.4) is 0 Å². The molecule has 0 saturated heterocycles. The van der Waals surface area contributed by atoms with Crippen molar-refractivity contribution in [3.8, 4) is 0 Å². The minimum absolute atomic E-state index is 0.139. The van der Waals surface area contributed by atoms with Crippen molar-refractivity contribution in [1.29, 1.82) is 0 Å². The molecule has 1 atom stereocenters. The largest absolute Gasteiger partial charge is 0.466 e. The molecule has 1 unspecified atom stereocenters. The van der Waals surface area contributed by atoms with Crippen molar-refractivity contribution in [2.24, 2.45) is 0 Å². The Hall–Kier alpha value is -3.25. The molecule has 0 aliphatic carbocycles. The molecule has 0 fully saturated rings. The average molecular weight is 392 g/mol. The predicted octanol–water partition coefficient (Wildman–Crippen LogP) is 2.82. The highest BCUT2D eigenvalue weighted by Crippen LogP contribution is 2.34. The maximum Gasteiger partial charge on any atom is 0.347 e. The molecule has 1 heterocycles. The average Bonchev–Trinajstić information content (AvgIpc) is 2.75. The van der Waals surface area contributed by atoms with Crippen molar-refractivity contribution in [1.82, 2.24) is 9.78 Å². The number of rotatable bonds is 6. The Labute approximate surface area is 169 Å². The topological polar surface area (TPSA) is 81.4 Å². The van der Waals surface area contributed by atoms with Crippen LogP contribution in [0.5, 0.6) is 0 Å². The number of aromatic nitrogens is 2. The molecule has 2 aromatic carbocycles. The van der Waals surface area contributed by atoms with Gasteiger partial charge >= 0.3 is 5.97 Å². The van der Waals surface area contributed by atoms with Crippen LogP contribution in [0.4, 0.5) is 0 Å². The van der Waals surface area contributed by atoms with Gasteiger partial charge in [-0.05, 0) is 17.0 Å².